The van der Waals surface area contributed by atoms with Crippen LogP contribution in [0.4, 0.5) is 0 Å². The highest BCUT2D eigenvalue weighted by atomic mass is 35.5. The van der Waals surface area contributed by atoms with Crippen LogP contribution in [-0.2, 0) is 6.54 Å². The minimum atomic E-state index is -0.347. The van der Waals surface area contributed by atoms with Crippen molar-refractivity contribution in [1.82, 2.24) is 4.57 Å². The number of hydrogen-bond acceptors (Lipinski definition) is 3. The van der Waals surface area contributed by atoms with E-state index in [1.807, 2.05) is 60.0 Å². The Kier molecular flexibility index (Phi) is 5.26. The molecular formula is C23H19ClN2O2S. The third-order valence-corrected chi connectivity index (χ3v) is 6.29. The van der Waals surface area contributed by atoms with Crippen molar-refractivity contribution >= 4 is 49.8 Å². The van der Waals surface area contributed by atoms with Crippen LogP contribution in [0.2, 0.25) is 5.02 Å². The molecular weight excluding hydrogens is 404 g/mol. The van der Waals surface area contributed by atoms with Gasteiger partial charge in [-0.3, -0.25) is 4.79 Å². The summed E-state index contributed by atoms with van der Waals surface area (Å²) in [7, 11) is 1.56. The van der Waals surface area contributed by atoms with Crippen LogP contribution in [0.5, 0.6) is 5.75 Å². The molecule has 3 aromatic carbocycles. The van der Waals surface area contributed by atoms with Gasteiger partial charge >= 0.3 is 0 Å². The summed E-state index contributed by atoms with van der Waals surface area (Å²) in [6, 6.07) is 15.4. The number of amides is 1. The van der Waals surface area contributed by atoms with E-state index < -0.39 is 0 Å². The second-order valence-corrected chi connectivity index (χ2v) is 8.04. The van der Waals surface area contributed by atoms with Crippen molar-refractivity contribution in [2.75, 3.05) is 7.11 Å². The molecule has 0 atom stereocenters. The summed E-state index contributed by atoms with van der Waals surface area (Å²) < 4.78 is 8.46. The Morgan fingerprint density at radius 3 is 2.66 bits per heavy atom. The highest BCUT2D eigenvalue weighted by Crippen LogP contribution is 2.28. The van der Waals surface area contributed by atoms with Crippen LogP contribution in [0.25, 0.3) is 21.0 Å². The van der Waals surface area contributed by atoms with E-state index in [-0.39, 0.29) is 5.91 Å². The summed E-state index contributed by atoms with van der Waals surface area (Å²) in [5.74, 6) is 0.161. The minimum Gasteiger partial charge on any atom is -0.496 e. The van der Waals surface area contributed by atoms with E-state index in [4.69, 9.17) is 16.3 Å². The van der Waals surface area contributed by atoms with Gasteiger partial charge in [-0.2, -0.15) is 4.99 Å². The van der Waals surface area contributed by atoms with E-state index in [0.29, 0.717) is 27.7 Å². The monoisotopic (exact) mass is 422 g/mol. The van der Waals surface area contributed by atoms with E-state index in [1.54, 1.807) is 13.2 Å². The van der Waals surface area contributed by atoms with E-state index in [2.05, 4.69) is 11.6 Å². The molecule has 0 N–H and O–H groups in total. The number of allylic oxidation sites excluding steroid dienone is 1. The molecule has 4 aromatic rings. The lowest BCUT2D eigenvalue weighted by molar-refractivity contribution is 0.0995. The van der Waals surface area contributed by atoms with Crippen molar-refractivity contribution < 1.29 is 9.53 Å². The van der Waals surface area contributed by atoms with Crippen LogP contribution in [0.3, 0.4) is 0 Å². The smallest absolute Gasteiger partial charge is 0.283 e. The maximum atomic E-state index is 13.1. The summed E-state index contributed by atoms with van der Waals surface area (Å²) in [5.41, 5.74) is 2.36. The lowest BCUT2D eigenvalue weighted by atomic mass is 10.1. The largest absolute Gasteiger partial charge is 0.496 e. The molecule has 0 radical (unpaired) electrons. The van der Waals surface area contributed by atoms with Crippen molar-refractivity contribution in [1.29, 1.82) is 0 Å². The number of aromatic nitrogens is 1. The average Bonchev–Trinajstić information content (AvgIpc) is 3.07. The molecule has 1 aromatic heterocycles. The Hall–Kier alpha value is -2.89. The number of carbonyl (C=O) groups excluding carboxylic acids is 1. The van der Waals surface area contributed by atoms with Crippen molar-refractivity contribution in [3.63, 3.8) is 0 Å². The molecule has 1 amide bonds. The number of benzene rings is 3. The van der Waals surface area contributed by atoms with Crippen molar-refractivity contribution in [3.8, 4) is 5.75 Å². The Balaban J connectivity index is 1.92. The molecule has 1 heterocycles. The molecule has 0 aliphatic rings. The number of hydrogen-bond donors (Lipinski definition) is 0. The lowest BCUT2D eigenvalue weighted by Gasteiger charge is -2.08. The zero-order chi connectivity index (χ0) is 20.5. The molecule has 0 spiro atoms. The van der Waals surface area contributed by atoms with E-state index in [0.717, 1.165) is 26.6 Å². The first-order valence-corrected chi connectivity index (χ1v) is 10.3. The topological polar surface area (TPSA) is 43.6 Å². The molecule has 0 aliphatic carbocycles. The van der Waals surface area contributed by atoms with Gasteiger partial charge in [-0.25, -0.2) is 0 Å². The van der Waals surface area contributed by atoms with Gasteiger partial charge in [-0.05, 0) is 47.5 Å². The molecule has 0 saturated heterocycles. The number of rotatable bonds is 4. The van der Waals surface area contributed by atoms with Gasteiger partial charge in [0.1, 0.15) is 5.75 Å². The van der Waals surface area contributed by atoms with Crippen LogP contribution in [-0.4, -0.2) is 17.6 Å². The van der Waals surface area contributed by atoms with Crippen LogP contribution < -0.4 is 9.54 Å². The number of fused-ring (bicyclic) bond motifs is 2. The number of thiazole rings is 1. The third-order valence-electron chi connectivity index (χ3n) is 4.84. The highest BCUT2D eigenvalue weighted by molar-refractivity contribution is 7.16. The van der Waals surface area contributed by atoms with Gasteiger partial charge in [0.25, 0.3) is 5.91 Å². The number of aryl methyl sites for hydroxylation is 1. The van der Waals surface area contributed by atoms with E-state index in [1.165, 1.54) is 11.3 Å². The fraction of sp³-hybridized carbons (Fsp3) is 0.130. The van der Waals surface area contributed by atoms with Gasteiger partial charge in [-0.1, -0.05) is 53.3 Å². The Morgan fingerprint density at radius 1 is 1.24 bits per heavy atom. The molecule has 4 rings (SSSR count). The SMILES string of the molecule is C=CCn1c(=NC(=O)c2cc3ccccc3cc2OC)sc2ccc(Cl)c(C)c21. The summed E-state index contributed by atoms with van der Waals surface area (Å²) >= 11 is 7.77. The molecule has 146 valence electrons. The van der Waals surface area contributed by atoms with Crippen molar-refractivity contribution in [2.24, 2.45) is 4.99 Å². The fourth-order valence-corrected chi connectivity index (χ4v) is 4.65. The van der Waals surface area contributed by atoms with Crippen LogP contribution >= 0.6 is 22.9 Å². The first-order valence-electron chi connectivity index (χ1n) is 9.08. The van der Waals surface area contributed by atoms with E-state index in [9.17, 15) is 4.79 Å². The first-order chi connectivity index (χ1) is 14.0. The Labute approximate surface area is 177 Å². The molecule has 0 bridgehead atoms. The Bertz CT molecular complexity index is 1330. The van der Waals surface area contributed by atoms with Gasteiger partial charge in [0, 0.05) is 11.6 Å². The predicted octanol–water partition coefficient (Wildman–Crippen LogP) is 5.75. The second-order valence-electron chi connectivity index (χ2n) is 6.62. The molecule has 0 unspecified atom stereocenters. The van der Waals surface area contributed by atoms with Gasteiger partial charge in [0.2, 0.25) is 0 Å². The second kappa shape index (κ2) is 7.85. The summed E-state index contributed by atoms with van der Waals surface area (Å²) in [6.45, 7) is 6.34. The average molecular weight is 423 g/mol. The van der Waals surface area contributed by atoms with Gasteiger partial charge in [0.05, 0.1) is 22.9 Å². The molecule has 6 heteroatoms. The number of carbonyl (C=O) groups is 1. The fourth-order valence-electron chi connectivity index (χ4n) is 3.40. The van der Waals surface area contributed by atoms with Crippen LogP contribution in [0.1, 0.15) is 15.9 Å². The number of halogens is 1. The van der Waals surface area contributed by atoms with Gasteiger partial charge in [0.15, 0.2) is 4.80 Å². The van der Waals surface area contributed by atoms with Crippen molar-refractivity contribution in [3.05, 3.63) is 82.1 Å². The summed E-state index contributed by atoms with van der Waals surface area (Å²) in [5, 5.41) is 2.65. The summed E-state index contributed by atoms with van der Waals surface area (Å²) in [6.07, 6.45) is 1.78. The quantitative estimate of drug-likeness (QED) is 0.393. The standard InChI is InChI=1S/C23H19ClN2O2S/c1-4-11-26-21-14(2)18(24)9-10-20(21)29-23(26)25-22(27)17-12-15-7-5-6-8-16(15)13-19(17)28-3/h4-10,12-13H,1,11H2,2-3H3. The highest BCUT2D eigenvalue weighted by Gasteiger charge is 2.15. The zero-order valence-electron chi connectivity index (χ0n) is 16.1. The minimum absolute atomic E-state index is 0.347. The Morgan fingerprint density at radius 2 is 1.97 bits per heavy atom. The predicted molar refractivity (Wildman–Crippen MR) is 120 cm³/mol. The number of ether oxygens (including phenoxy) is 1. The molecule has 29 heavy (non-hydrogen) atoms. The molecule has 0 saturated carbocycles. The van der Waals surface area contributed by atoms with Gasteiger partial charge < -0.3 is 9.30 Å². The normalized spacial score (nSPS) is 11.9. The van der Waals surface area contributed by atoms with Gasteiger partial charge in [-0.15, -0.1) is 6.58 Å². The maximum Gasteiger partial charge on any atom is 0.283 e. The summed E-state index contributed by atoms with van der Waals surface area (Å²) in [4.78, 5) is 18.2. The van der Waals surface area contributed by atoms with Crippen LogP contribution in [0, 0.1) is 6.92 Å². The lowest BCUT2D eigenvalue weighted by Crippen LogP contribution is -2.17. The molecule has 4 nitrogen and oxygen atoms in total. The third kappa shape index (κ3) is 3.48. The molecule has 0 fully saturated rings. The number of nitrogens with zero attached hydrogens (tertiary/aromatic N) is 2. The molecule has 0 aliphatic heterocycles. The first kappa shape index (κ1) is 19.4. The van der Waals surface area contributed by atoms with Crippen LogP contribution in [0.15, 0.2) is 66.2 Å². The van der Waals surface area contributed by atoms with Crippen molar-refractivity contribution in [2.45, 2.75) is 13.5 Å². The zero-order valence-corrected chi connectivity index (χ0v) is 17.7. The number of methoxy groups -OCH3 is 1. The maximum absolute atomic E-state index is 13.1. The van der Waals surface area contributed by atoms with E-state index >= 15 is 0 Å².